The first-order valence-electron chi connectivity index (χ1n) is 7.69. The van der Waals surface area contributed by atoms with Gasteiger partial charge in [-0.1, -0.05) is 0 Å². The Morgan fingerprint density at radius 2 is 2.32 bits per heavy atom. The van der Waals surface area contributed by atoms with E-state index in [1.165, 1.54) is 13.0 Å². The first-order chi connectivity index (χ1) is 10.6. The highest BCUT2D eigenvalue weighted by Crippen LogP contribution is 2.32. The third kappa shape index (κ3) is 2.27. The van der Waals surface area contributed by atoms with Crippen molar-refractivity contribution in [2.45, 2.75) is 12.5 Å². The van der Waals surface area contributed by atoms with Gasteiger partial charge in [-0.15, -0.1) is 11.3 Å². The molecule has 0 spiro atoms. The number of carbonyl (C=O) groups excluding carboxylic acids is 1. The van der Waals surface area contributed by atoms with Crippen molar-refractivity contribution in [2.24, 2.45) is 5.92 Å². The van der Waals surface area contributed by atoms with Crippen LogP contribution in [0.4, 0.5) is 5.69 Å². The van der Waals surface area contributed by atoms with Gasteiger partial charge in [0.25, 0.3) is 5.91 Å². The van der Waals surface area contributed by atoms with Crippen molar-refractivity contribution in [3.8, 4) is 0 Å². The number of hydrogen-bond donors (Lipinski definition) is 1. The molecule has 1 amide bonds. The fourth-order valence-corrected chi connectivity index (χ4v) is 4.56. The Labute approximate surface area is 133 Å². The van der Waals surface area contributed by atoms with E-state index in [9.17, 15) is 4.79 Å². The Hall–Kier alpha value is -1.66. The van der Waals surface area contributed by atoms with Gasteiger partial charge < -0.3 is 15.1 Å². The second-order valence-electron chi connectivity index (χ2n) is 6.47. The van der Waals surface area contributed by atoms with Crippen molar-refractivity contribution in [3.63, 3.8) is 0 Å². The van der Waals surface area contributed by atoms with E-state index in [-0.39, 0.29) is 11.9 Å². The Morgan fingerprint density at radius 3 is 3.00 bits per heavy atom. The van der Waals surface area contributed by atoms with Crippen molar-refractivity contribution >= 4 is 33.0 Å². The summed E-state index contributed by atoms with van der Waals surface area (Å²) in [5, 5.41) is 6.39. The minimum Gasteiger partial charge on any atom is -0.376 e. The lowest BCUT2D eigenvalue weighted by Crippen LogP contribution is -2.43. The molecule has 4 rings (SSSR count). The summed E-state index contributed by atoms with van der Waals surface area (Å²) in [5.41, 5.74) is 1.66. The van der Waals surface area contributed by atoms with E-state index in [4.69, 9.17) is 0 Å². The predicted octanol–water partition coefficient (Wildman–Crippen LogP) is 1.80. The second kappa shape index (κ2) is 5.21. The van der Waals surface area contributed by atoms with E-state index in [1.807, 2.05) is 26.4 Å². The first kappa shape index (κ1) is 14.0. The molecule has 4 heterocycles. The summed E-state index contributed by atoms with van der Waals surface area (Å²) in [7, 11) is 4.04. The van der Waals surface area contributed by atoms with Crippen LogP contribution < -0.4 is 10.2 Å². The zero-order valence-electron chi connectivity index (χ0n) is 12.9. The maximum atomic E-state index is 12.5. The number of nitrogens with zero attached hydrogens (tertiary/aromatic N) is 3. The van der Waals surface area contributed by atoms with Gasteiger partial charge in [0.2, 0.25) is 0 Å². The average Bonchev–Trinajstić information content (AvgIpc) is 3.20. The van der Waals surface area contributed by atoms with E-state index >= 15 is 0 Å². The molecule has 5 nitrogen and oxygen atoms in total. The van der Waals surface area contributed by atoms with Crippen LogP contribution in [0.25, 0.3) is 10.1 Å². The molecular weight excluding hydrogens is 296 g/mol. The highest BCUT2D eigenvalue weighted by Gasteiger charge is 2.38. The van der Waals surface area contributed by atoms with Gasteiger partial charge in [-0.2, -0.15) is 0 Å². The molecule has 3 atom stereocenters. The second-order valence-corrected chi connectivity index (χ2v) is 7.38. The van der Waals surface area contributed by atoms with Crippen LogP contribution in [0, 0.1) is 5.92 Å². The predicted molar refractivity (Wildman–Crippen MR) is 89.7 cm³/mol. The highest BCUT2D eigenvalue weighted by molar-refractivity contribution is 7.17. The number of rotatable bonds is 3. The van der Waals surface area contributed by atoms with Gasteiger partial charge in [-0.05, 0) is 24.9 Å². The maximum Gasteiger partial charge on any atom is 0.270 e. The molecule has 2 aromatic heterocycles. The summed E-state index contributed by atoms with van der Waals surface area (Å²) in [6.07, 6.45) is 3.01. The highest BCUT2D eigenvalue weighted by atomic mass is 32.1. The fraction of sp³-hybridized carbons (Fsp3) is 0.500. The molecule has 2 aliphatic rings. The Morgan fingerprint density at radius 1 is 1.45 bits per heavy atom. The molecule has 2 aromatic rings. The summed E-state index contributed by atoms with van der Waals surface area (Å²) in [6, 6.07) is 2.21. The minimum atomic E-state index is -0.0449. The summed E-state index contributed by atoms with van der Waals surface area (Å²) < 4.78 is 1.12. The van der Waals surface area contributed by atoms with Crippen LogP contribution in [-0.2, 0) is 0 Å². The lowest BCUT2D eigenvalue weighted by molar-refractivity contribution is 0.0919. The topological polar surface area (TPSA) is 48.5 Å². The zero-order chi connectivity index (χ0) is 15.3. The van der Waals surface area contributed by atoms with Crippen molar-refractivity contribution in [1.29, 1.82) is 0 Å². The van der Waals surface area contributed by atoms with E-state index in [2.05, 4.69) is 25.5 Å². The van der Waals surface area contributed by atoms with Crippen molar-refractivity contribution < 1.29 is 4.79 Å². The number of thiophene rings is 1. The number of pyridine rings is 1. The molecule has 0 aliphatic carbocycles. The fourth-order valence-electron chi connectivity index (χ4n) is 3.58. The van der Waals surface area contributed by atoms with Gasteiger partial charge in [-0.3, -0.25) is 4.79 Å². The number of nitrogens with one attached hydrogen (secondary N) is 1. The Balaban J connectivity index is 1.57. The van der Waals surface area contributed by atoms with Crippen LogP contribution in [0.3, 0.4) is 0 Å². The summed E-state index contributed by atoms with van der Waals surface area (Å²) in [4.78, 5) is 21.4. The van der Waals surface area contributed by atoms with E-state index in [0.29, 0.717) is 11.6 Å². The molecule has 0 radical (unpaired) electrons. The number of piperidine rings is 1. The van der Waals surface area contributed by atoms with Crippen LogP contribution in [0.5, 0.6) is 0 Å². The molecule has 0 aromatic carbocycles. The van der Waals surface area contributed by atoms with Crippen molar-refractivity contribution in [2.75, 3.05) is 38.6 Å². The Bertz CT molecular complexity index is 726. The van der Waals surface area contributed by atoms with Gasteiger partial charge in [0.05, 0.1) is 10.4 Å². The third-order valence-electron chi connectivity index (χ3n) is 4.80. The lowest BCUT2D eigenvalue weighted by Gasteiger charge is -2.23. The molecule has 2 bridgehead atoms. The quantitative estimate of drug-likeness (QED) is 0.938. The minimum absolute atomic E-state index is 0.0449. The molecular formula is C16H20N4OS. The summed E-state index contributed by atoms with van der Waals surface area (Å²) in [5.74, 6) is 0.572. The molecule has 2 saturated heterocycles. The van der Waals surface area contributed by atoms with E-state index < -0.39 is 0 Å². The number of fused-ring (bicyclic) bond motifs is 3. The number of anilines is 1. The maximum absolute atomic E-state index is 12.5. The molecule has 22 heavy (non-hydrogen) atoms. The Kier molecular flexibility index (Phi) is 3.31. The van der Waals surface area contributed by atoms with Crippen molar-refractivity contribution in [3.05, 3.63) is 23.3 Å². The van der Waals surface area contributed by atoms with Gasteiger partial charge in [0.1, 0.15) is 5.69 Å². The van der Waals surface area contributed by atoms with Gasteiger partial charge in [-0.25, -0.2) is 4.98 Å². The molecule has 6 heteroatoms. The molecule has 116 valence electrons. The molecule has 1 N–H and O–H groups in total. The third-order valence-corrected chi connectivity index (χ3v) is 5.72. The van der Waals surface area contributed by atoms with Gasteiger partial charge in [0, 0.05) is 50.2 Å². The van der Waals surface area contributed by atoms with Crippen LogP contribution in [-0.4, -0.2) is 55.6 Å². The smallest absolute Gasteiger partial charge is 0.270 e. The van der Waals surface area contributed by atoms with Gasteiger partial charge in [0.15, 0.2) is 0 Å². The largest absolute Gasteiger partial charge is 0.376 e. The number of hydrogen-bond acceptors (Lipinski definition) is 5. The van der Waals surface area contributed by atoms with Crippen molar-refractivity contribution in [1.82, 2.24) is 15.2 Å². The average molecular weight is 316 g/mol. The molecule has 2 aliphatic heterocycles. The number of amides is 1. The van der Waals surface area contributed by atoms with E-state index in [0.717, 1.165) is 28.9 Å². The summed E-state index contributed by atoms with van der Waals surface area (Å²) in [6.45, 7) is 3.30. The molecule has 0 saturated carbocycles. The van der Waals surface area contributed by atoms with E-state index in [1.54, 1.807) is 11.3 Å². The SMILES string of the molecule is CN(C)c1csc2cnc(C(=O)NC3CN4CCC3C4)cc12. The van der Waals surface area contributed by atoms with Crippen LogP contribution in [0.15, 0.2) is 17.6 Å². The summed E-state index contributed by atoms with van der Waals surface area (Å²) >= 11 is 1.66. The lowest BCUT2D eigenvalue weighted by atomic mass is 10.00. The molecule has 2 fully saturated rings. The number of aromatic nitrogens is 1. The molecule has 3 unspecified atom stereocenters. The zero-order valence-corrected chi connectivity index (χ0v) is 13.7. The van der Waals surface area contributed by atoms with Gasteiger partial charge >= 0.3 is 0 Å². The van der Waals surface area contributed by atoms with Crippen LogP contribution >= 0.6 is 11.3 Å². The first-order valence-corrected chi connectivity index (χ1v) is 8.57. The van der Waals surface area contributed by atoms with Crippen LogP contribution in [0.1, 0.15) is 16.9 Å². The monoisotopic (exact) mass is 316 g/mol. The number of carbonyl (C=O) groups is 1. The van der Waals surface area contributed by atoms with Crippen LogP contribution in [0.2, 0.25) is 0 Å². The normalized spacial score (nSPS) is 26.5. The standard InChI is InChI=1S/C16H20N4OS/c1-19(2)14-9-22-15-6-17-12(5-11(14)15)16(21)18-13-8-20-4-3-10(13)7-20/h5-6,9-10,13H,3-4,7-8H2,1-2H3,(H,18,21).